The van der Waals surface area contributed by atoms with Crippen molar-refractivity contribution in [2.24, 2.45) is 0 Å². The number of rotatable bonds is 6. The van der Waals surface area contributed by atoms with Gasteiger partial charge in [-0.3, -0.25) is 4.79 Å². The topological polar surface area (TPSA) is 63.9 Å². The van der Waals surface area contributed by atoms with Gasteiger partial charge in [-0.15, -0.1) is 11.3 Å². The summed E-state index contributed by atoms with van der Waals surface area (Å²) in [6.45, 7) is 1.65. The number of hydrogen-bond donors (Lipinski definition) is 0. The predicted molar refractivity (Wildman–Crippen MR) is 110 cm³/mol. The molecule has 0 unspecified atom stereocenters. The van der Waals surface area contributed by atoms with Crippen molar-refractivity contribution >= 4 is 17.2 Å². The second-order valence-electron chi connectivity index (χ2n) is 7.55. The zero-order valence-electron chi connectivity index (χ0n) is 16.8. The fourth-order valence-corrected chi connectivity index (χ4v) is 4.43. The van der Waals surface area contributed by atoms with E-state index in [1.165, 1.54) is 11.3 Å². The number of alkyl halides is 3. The summed E-state index contributed by atoms with van der Waals surface area (Å²) in [6, 6.07) is 4.52. The Labute approximate surface area is 181 Å². The first-order valence-electron chi connectivity index (χ1n) is 10.1. The lowest BCUT2D eigenvalue weighted by molar-refractivity contribution is -0.141. The van der Waals surface area contributed by atoms with Crippen LogP contribution in [0.3, 0.4) is 0 Å². The van der Waals surface area contributed by atoms with Crippen LogP contribution >= 0.6 is 11.3 Å². The van der Waals surface area contributed by atoms with Gasteiger partial charge < -0.3 is 9.47 Å². The third-order valence-electron chi connectivity index (χ3n) is 5.31. The molecule has 4 heterocycles. The number of aromatic nitrogens is 4. The van der Waals surface area contributed by atoms with Gasteiger partial charge in [0, 0.05) is 44.4 Å². The van der Waals surface area contributed by atoms with Crippen molar-refractivity contribution in [1.82, 2.24) is 24.4 Å². The van der Waals surface area contributed by atoms with Gasteiger partial charge in [0.25, 0.3) is 0 Å². The Hall–Kier alpha value is -2.75. The number of aryl methyl sites for hydroxylation is 1. The highest BCUT2D eigenvalue weighted by molar-refractivity contribution is 7.13. The van der Waals surface area contributed by atoms with Gasteiger partial charge >= 0.3 is 6.18 Å². The largest absolute Gasteiger partial charge is 0.433 e. The van der Waals surface area contributed by atoms with Gasteiger partial charge in [0.1, 0.15) is 11.5 Å². The molecule has 0 aromatic carbocycles. The smallest absolute Gasteiger partial charge is 0.342 e. The van der Waals surface area contributed by atoms with Crippen molar-refractivity contribution in [3.63, 3.8) is 0 Å². The maximum Gasteiger partial charge on any atom is 0.433 e. The molecule has 0 bridgehead atoms. The molecule has 1 aliphatic rings. The number of carbonyl (C=O) groups excluding carboxylic acids is 1. The second-order valence-corrected chi connectivity index (χ2v) is 8.50. The van der Waals surface area contributed by atoms with E-state index in [0.717, 1.165) is 6.07 Å². The fraction of sp³-hybridized carbons (Fsp3) is 0.429. The molecule has 6 nitrogen and oxygen atoms in total. The van der Waals surface area contributed by atoms with Crippen LogP contribution < -0.4 is 0 Å². The number of halogens is 3. The summed E-state index contributed by atoms with van der Waals surface area (Å²) in [6.07, 6.45) is 3.12. The summed E-state index contributed by atoms with van der Waals surface area (Å²) in [5.41, 5.74) is -0.666. The highest BCUT2D eigenvalue weighted by Crippen LogP contribution is 2.34. The van der Waals surface area contributed by atoms with Crippen LogP contribution in [0.1, 0.15) is 43.1 Å². The van der Waals surface area contributed by atoms with Gasteiger partial charge in [0.15, 0.2) is 0 Å². The molecule has 1 saturated heterocycles. The van der Waals surface area contributed by atoms with Crippen molar-refractivity contribution in [2.75, 3.05) is 13.1 Å². The normalized spacial score (nSPS) is 17.1. The maximum atomic E-state index is 13.5. The minimum Gasteiger partial charge on any atom is -0.342 e. The predicted octanol–water partition coefficient (Wildman–Crippen LogP) is 4.61. The van der Waals surface area contributed by atoms with Crippen LogP contribution in [0.2, 0.25) is 0 Å². The van der Waals surface area contributed by atoms with Gasteiger partial charge in [0.2, 0.25) is 5.91 Å². The van der Waals surface area contributed by atoms with Crippen LogP contribution in [0.15, 0.2) is 42.3 Å². The zero-order valence-corrected chi connectivity index (χ0v) is 17.6. The number of thiophene rings is 1. The van der Waals surface area contributed by atoms with Crippen molar-refractivity contribution in [3.8, 4) is 10.6 Å². The first-order chi connectivity index (χ1) is 14.9. The summed E-state index contributed by atoms with van der Waals surface area (Å²) in [4.78, 5) is 27.3. The van der Waals surface area contributed by atoms with Crippen LogP contribution in [0.4, 0.5) is 13.2 Å². The van der Waals surface area contributed by atoms with Crippen LogP contribution in [0, 0.1) is 0 Å². The quantitative estimate of drug-likeness (QED) is 0.552. The zero-order chi connectivity index (χ0) is 21.8. The second kappa shape index (κ2) is 9.17. The lowest BCUT2D eigenvalue weighted by Gasteiger charge is -2.32. The minimum absolute atomic E-state index is 0.00951. The van der Waals surface area contributed by atoms with Crippen molar-refractivity contribution < 1.29 is 18.0 Å². The molecule has 164 valence electrons. The number of piperidine rings is 1. The lowest BCUT2D eigenvalue weighted by atomic mass is 9.96. The molecule has 1 atom stereocenters. The van der Waals surface area contributed by atoms with E-state index in [-0.39, 0.29) is 23.3 Å². The highest BCUT2D eigenvalue weighted by Gasteiger charge is 2.35. The van der Waals surface area contributed by atoms with E-state index < -0.39 is 11.9 Å². The van der Waals surface area contributed by atoms with E-state index in [4.69, 9.17) is 0 Å². The molecule has 3 aromatic rings. The molecule has 0 spiro atoms. The van der Waals surface area contributed by atoms with E-state index in [9.17, 15) is 18.0 Å². The Bertz CT molecular complexity index is 1000. The SMILES string of the molecule is O=C(CCCn1ccnc1)N1CCC[C@@H](c2nc(-c3cccs3)cc(C(F)(F)F)n2)C1. The average Bonchev–Trinajstić information content (AvgIpc) is 3.47. The van der Waals surface area contributed by atoms with Gasteiger partial charge in [-0.2, -0.15) is 13.2 Å². The van der Waals surface area contributed by atoms with E-state index in [0.29, 0.717) is 50.2 Å². The first-order valence-corrected chi connectivity index (χ1v) is 11.0. The molecule has 0 radical (unpaired) electrons. The molecule has 0 saturated carbocycles. The molecule has 1 amide bonds. The molecule has 1 fully saturated rings. The summed E-state index contributed by atoms with van der Waals surface area (Å²) in [5.74, 6) is -0.142. The third kappa shape index (κ3) is 5.30. The molecular formula is C21H22F3N5OS. The van der Waals surface area contributed by atoms with Crippen molar-refractivity contribution in [2.45, 2.75) is 44.3 Å². The van der Waals surface area contributed by atoms with Crippen LogP contribution in [-0.4, -0.2) is 43.4 Å². The molecule has 0 aliphatic carbocycles. The van der Waals surface area contributed by atoms with Crippen molar-refractivity contribution in [1.29, 1.82) is 0 Å². The number of nitrogens with zero attached hydrogens (tertiary/aromatic N) is 5. The fourth-order valence-electron chi connectivity index (χ4n) is 3.75. The highest BCUT2D eigenvalue weighted by atomic mass is 32.1. The molecule has 1 aliphatic heterocycles. The van der Waals surface area contributed by atoms with Gasteiger partial charge in [-0.1, -0.05) is 6.07 Å². The van der Waals surface area contributed by atoms with Gasteiger partial charge in [-0.25, -0.2) is 15.0 Å². The van der Waals surface area contributed by atoms with E-state index >= 15 is 0 Å². The lowest BCUT2D eigenvalue weighted by Crippen LogP contribution is -2.39. The van der Waals surface area contributed by atoms with E-state index in [1.54, 1.807) is 34.9 Å². The number of likely N-dealkylation sites (tertiary alicyclic amines) is 1. The Morgan fingerprint density at radius 2 is 2.16 bits per heavy atom. The van der Waals surface area contributed by atoms with Crippen LogP contribution in [-0.2, 0) is 17.5 Å². The van der Waals surface area contributed by atoms with Gasteiger partial charge in [0.05, 0.1) is 16.9 Å². The number of imidazole rings is 1. The van der Waals surface area contributed by atoms with Crippen molar-refractivity contribution in [3.05, 3.63) is 53.8 Å². The average molecular weight is 450 g/mol. The summed E-state index contributed by atoms with van der Waals surface area (Å²) in [5, 5.41) is 1.80. The minimum atomic E-state index is -4.55. The monoisotopic (exact) mass is 449 g/mol. The Morgan fingerprint density at radius 1 is 1.29 bits per heavy atom. The number of hydrogen-bond acceptors (Lipinski definition) is 5. The Balaban J connectivity index is 1.48. The Morgan fingerprint density at radius 3 is 2.87 bits per heavy atom. The molecule has 3 aromatic heterocycles. The van der Waals surface area contributed by atoms with E-state index in [2.05, 4.69) is 15.0 Å². The first kappa shape index (κ1) is 21.5. The van der Waals surface area contributed by atoms with Crippen LogP contribution in [0.5, 0.6) is 0 Å². The molecule has 31 heavy (non-hydrogen) atoms. The standard InChI is InChI=1S/C21H22F3N5OS/c22-21(23,24)18-12-16(17-5-3-11-31-17)26-20(27-18)15-4-1-9-29(13-15)19(30)6-2-8-28-10-7-25-14-28/h3,5,7,10-12,14-15H,1-2,4,6,8-9,13H2/t15-/m1/s1. The maximum absolute atomic E-state index is 13.5. The summed E-state index contributed by atoms with van der Waals surface area (Å²) < 4.78 is 42.3. The number of amides is 1. The summed E-state index contributed by atoms with van der Waals surface area (Å²) in [7, 11) is 0. The van der Waals surface area contributed by atoms with Crippen LogP contribution in [0.25, 0.3) is 10.6 Å². The molecular weight excluding hydrogens is 427 g/mol. The van der Waals surface area contributed by atoms with E-state index in [1.807, 2.05) is 10.8 Å². The summed E-state index contributed by atoms with van der Waals surface area (Å²) >= 11 is 1.34. The number of carbonyl (C=O) groups is 1. The molecule has 0 N–H and O–H groups in total. The van der Waals surface area contributed by atoms with Gasteiger partial charge in [-0.05, 0) is 36.8 Å². The molecule has 4 rings (SSSR count). The third-order valence-corrected chi connectivity index (χ3v) is 6.21. The molecule has 10 heteroatoms. The Kier molecular flexibility index (Phi) is 6.35.